The van der Waals surface area contributed by atoms with Gasteiger partial charge < -0.3 is 9.88 Å². The molecule has 0 aromatic carbocycles. The number of aryl methyl sites for hydroxylation is 1. The van der Waals surface area contributed by atoms with Gasteiger partial charge in [-0.05, 0) is 19.8 Å². The summed E-state index contributed by atoms with van der Waals surface area (Å²) in [6.45, 7) is 1.92. The lowest BCUT2D eigenvalue weighted by Gasteiger charge is -2.18. The molecule has 1 aliphatic rings. The van der Waals surface area contributed by atoms with E-state index in [1.807, 2.05) is 18.5 Å². The Bertz CT molecular complexity index is 413. The molecule has 1 aromatic rings. The standard InChI is InChI=1S/C13H22N4OS/c1-10(19-13-16-14-9-17(13)2)12(18)15-11-7-5-3-4-6-8-11/h9-11H,3-8H2,1-2H3,(H,15,18)/t10-/m0/s1. The van der Waals surface area contributed by atoms with Crippen LogP contribution in [-0.2, 0) is 11.8 Å². The van der Waals surface area contributed by atoms with Crippen molar-refractivity contribution in [2.75, 3.05) is 0 Å². The van der Waals surface area contributed by atoms with Crippen molar-refractivity contribution in [2.45, 2.75) is 61.9 Å². The first-order valence-electron chi connectivity index (χ1n) is 6.98. The lowest BCUT2D eigenvalue weighted by atomic mass is 10.1. The summed E-state index contributed by atoms with van der Waals surface area (Å²) in [5.74, 6) is 0.111. The first-order valence-corrected chi connectivity index (χ1v) is 7.86. The molecule has 0 bridgehead atoms. The molecule has 0 spiro atoms. The molecule has 1 atom stereocenters. The van der Waals surface area contributed by atoms with Crippen LogP contribution in [0.25, 0.3) is 0 Å². The summed E-state index contributed by atoms with van der Waals surface area (Å²) >= 11 is 1.46. The number of thioether (sulfide) groups is 1. The summed E-state index contributed by atoms with van der Waals surface area (Å²) in [4.78, 5) is 12.2. The molecule has 0 aliphatic heterocycles. The van der Waals surface area contributed by atoms with Gasteiger partial charge in [0, 0.05) is 13.1 Å². The van der Waals surface area contributed by atoms with E-state index < -0.39 is 0 Å². The van der Waals surface area contributed by atoms with E-state index >= 15 is 0 Å². The summed E-state index contributed by atoms with van der Waals surface area (Å²) in [6, 6.07) is 0.359. The molecule has 0 saturated heterocycles. The van der Waals surface area contributed by atoms with Crippen molar-refractivity contribution < 1.29 is 4.79 Å². The minimum absolute atomic E-state index is 0.111. The second kappa shape index (κ2) is 6.93. The van der Waals surface area contributed by atoms with Gasteiger partial charge in [-0.2, -0.15) is 0 Å². The molecule has 1 aliphatic carbocycles. The Morgan fingerprint density at radius 2 is 2.11 bits per heavy atom. The van der Waals surface area contributed by atoms with Crippen LogP contribution in [0, 0.1) is 0 Å². The highest BCUT2D eigenvalue weighted by atomic mass is 32.2. The largest absolute Gasteiger partial charge is 0.352 e. The molecule has 6 heteroatoms. The zero-order valence-corrected chi connectivity index (χ0v) is 12.4. The van der Waals surface area contributed by atoms with Crippen LogP contribution < -0.4 is 5.32 Å². The number of amides is 1. The number of hydrogen-bond donors (Lipinski definition) is 1. The Morgan fingerprint density at radius 3 is 2.68 bits per heavy atom. The van der Waals surface area contributed by atoms with Crippen LogP contribution in [0.3, 0.4) is 0 Å². The van der Waals surface area contributed by atoms with E-state index in [-0.39, 0.29) is 11.2 Å². The molecular formula is C13H22N4OS. The highest BCUT2D eigenvalue weighted by Gasteiger charge is 2.21. The minimum Gasteiger partial charge on any atom is -0.352 e. The van der Waals surface area contributed by atoms with Gasteiger partial charge in [0.25, 0.3) is 0 Å². The van der Waals surface area contributed by atoms with Gasteiger partial charge in [0.2, 0.25) is 5.91 Å². The summed E-state index contributed by atoms with van der Waals surface area (Å²) in [6.07, 6.45) is 8.95. The fourth-order valence-electron chi connectivity index (χ4n) is 2.33. The normalized spacial score (nSPS) is 18.8. The number of rotatable bonds is 4. The molecule has 106 valence electrons. The highest BCUT2D eigenvalue weighted by molar-refractivity contribution is 8.00. The van der Waals surface area contributed by atoms with Crippen LogP contribution >= 0.6 is 11.8 Å². The molecule has 0 unspecified atom stereocenters. The van der Waals surface area contributed by atoms with E-state index in [4.69, 9.17) is 0 Å². The lowest BCUT2D eigenvalue weighted by molar-refractivity contribution is -0.121. The van der Waals surface area contributed by atoms with Gasteiger partial charge in [-0.25, -0.2) is 0 Å². The zero-order chi connectivity index (χ0) is 13.7. The third-order valence-electron chi connectivity index (χ3n) is 3.52. The summed E-state index contributed by atoms with van der Waals surface area (Å²) in [5, 5.41) is 11.6. The van der Waals surface area contributed by atoms with E-state index in [0.717, 1.165) is 18.0 Å². The second-order valence-corrected chi connectivity index (χ2v) is 6.49. The average Bonchev–Trinajstić information content (AvgIpc) is 2.65. The Hall–Kier alpha value is -1.04. The third kappa shape index (κ3) is 4.23. The van der Waals surface area contributed by atoms with Crippen molar-refractivity contribution in [3.05, 3.63) is 6.33 Å². The maximum atomic E-state index is 12.2. The first kappa shape index (κ1) is 14.4. The van der Waals surface area contributed by atoms with E-state index in [2.05, 4.69) is 15.5 Å². The molecule has 1 amide bonds. The average molecular weight is 282 g/mol. The Labute approximate surface area is 118 Å². The van der Waals surface area contributed by atoms with Gasteiger partial charge in [-0.3, -0.25) is 4.79 Å². The highest BCUT2D eigenvalue weighted by Crippen LogP contribution is 2.21. The minimum atomic E-state index is -0.133. The first-order chi connectivity index (χ1) is 9.16. The fourth-order valence-corrected chi connectivity index (χ4v) is 3.13. The van der Waals surface area contributed by atoms with E-state index in [1.54, 1.807) is 6.33 Å². The van der Waals surface area contributed by atoms with E-state index in [0.29, 0.717) is 6.04 Å². The molecule has 19 heavy (non-hydrogen) atoms. The monoisotopic (exact) mass is 282 g/mol. The molecular weight excluding hydrogens is 260 g/mol. The summed E-state index contributed by atoms with van der Waals surface area (Å²) in [5.41, 5.74) is 0. The number of carbonyl (C=O) groups is 1. The van der Waals surface area contributed by atoms with Crippen LogP contribution in [-0.4, -0.2) is 32.0 Å². The van der Waals surface area contributed by atoms with Gasteiger partial charge in [-0.15, -0.1) is 10.2 Å². The second-order valence-electron chi connectivity index (χ2n) is 5.18. The molecule has 5 nitrogen and oxygen atoms in total. The maximum absolute atomic E-state index is 12.2. The van der Waals surface area contributed by atoms with Crippen LogP contribution in [0.15, 0.2) is 11.5 Å². The van der Waals surface area contributed by atoms with Crippen molar-refractivity contribution >= 4 is 17.7 Å². The maximum Gasteiger partial charge on any atom is 0.233 e. The van der Waals surface area contributed by atoms with Crippen LogP contribution in [0.1, 0.15) is 45.4 Å². The Morgan fingerprint density at radius 1 is 1.42 bits per heavy atom. The van der Waals surface area contributed by atoms with Crippen LogP contribution in [0.2, 0.25) is 0 Å². The van der Waals surface area contributed by atoms with Crippen molar-refractivity contribution in [3.63, 3.8) is 0 Å². The van der Waals surface area contributed by atoms with Crippen LogP contribution in [0.5, 0.6) is 0 Å². The topological polar surface area (TPSA) is 59.8 Å². The van der Waals surface area contributed by atoms with Crippen molar-refractivity contribution in [1.29, 1.82) is 0 Å². The summed E-state index contributed by atoms with van der Waals surface area (Å²) in [7, 11) is 1.89. The quantitative estimate of drug-likeness (QED) is 0.679. The molecule has 0 radical (unpaired) electrons. The molecule has 1 N–H and O–H groups in total. The number of aromatic nitrogens is 3. The van der Waals surface area contributed by atoms with Gasteiger partial charge in [0.1, 0.15) is 6.33 Å². The molecule has 1 fully saturated rings. The molecule has 2 rings (SSSR count). The SMILES string of the molecule is C[C@H](Sc1nncn1C)C(=O)NC1CCCCCC1. The molecule has 1 aromatic heterocycles. The van der Waals surface area contributed by atoms with Gasteiger partial charge in [-0.1, -0.05) is 37.4 Å². The number of nitrogens with one attached hydrogen (secondary N) is 1. The van der Waals surface area contributed by atoms with Gasteiger partial charge >= 0.3 is 0 Å². The smallest absolute Gasteiger partial charge is 0.233 e. The lowest BCUT2D eigenvalue weighted by Crippen LogP contribution is -2.39. The van der Waals surface area contributed by atoms with E-state index in [1.165, 1.54) is 37.4 Å². The predicted octanol–water partition coefficient (Wildman–Crippen LogP) is 2.13. The number of carbonyl (C=O) groups excluding carboxylic acids is 1. The fraction of sp³-hybridized carbons (Fsp3) is 0.769. The predicted molar refractivity (Wildman–Crippen MR) is 76.0 cm³/mol. The number of nitrogens with zero attached hydrogens (tertiary/aromatic N) is 3. The van der Waals surface area contributed by atoms with Gasteiger partial charge in [0.05, 0.1) is 5.25 Å². The van der Waals surface area contributed by atoms with Crippen molar-refractivity contribution in [2.24, 2.45) is 7.05 Å². The van der Waals surface area contributed by atoms with Crippen molar-refractivity contribution in [3.8, 4) is 0 Å². The molecule has 1 saturated carbocycles. The van der Waals surface area contributed by atoms with Gasteiger partial charge in [0.15, 0.2) is 5.16 Å². The summed E-state index contributed by atoms with van der Waals surface area (Å²) < 4.78 is 1.83. The zero-order valence-electron chi connectivity index (χ0n) is 11.6. The van der Waals surface area contributed by atoms with Crippen LogP contribution in [0.4, 0.5) is 0 Å². The Balaban J connectivity index is 1.83. The van der Waals surface area contributed by atoms with Crippen molar-refractivity contribution in [1.82, 2.24) is 20.1 Å². The number of hydrogen-bond acceptors (Lipinski definition) is 4. The third-order valence-corrected chi connectivity index (χ3v) is 4.67. The van der Waals surface area contributed by atoms with E-state index in [9.17, 15) is 4.79 Å². The molecule has 1 heterocycles. The Kier molecular flexibility index (Phi) is 5.24.